The maximum absolute atomic E-state index is 11.7. The molecule has 6 heteroatoms. The average Bonchev–Trinajstić information content (AvgIpc) is 3.25. The Morgan fingerprint density at radius 1 is 0.861 bits per heavy atom. The highest BCUT2D eigenvalue weighted by Crippen LogP contribution is 2.74. The van der Waals surface area contributed by atoms with Gasteiger partial charge in [0.05, 0.1) is 11.2 Å². The topological polar surface area (TPSA) is 107 Å². The third kappa shape index (κ3) is 3.99. The molecule has 1 aliphatic heterocycles. The van der Waals surface area contributed by atoms with Crippen LogP contribution in [0, 0.1) is 39.9 Å². The maximum Gasteiger partial charge on any atom is 0.303 e. The van der Waals surface area contributed by atoms with Crippen molar-refractivity contribution in [2.75, 3.05) is 0 Å². The summed E-state index contributed by atoms with van der Waals surface area (Å²) in [4.78, 5) is 11.7. The zero-order chi connectivity index (χ0) is 27.2. The molecular formula is C30H52O6. The van der Waals surface area contributed by atoms with Gasteiger partial charge in [-0.3, -0.25) is 4.79 Å². The molecule has 9 atom stereocenters. The number of ether oxygens (including phenoxy) is 1. The second-order valence-corrected chi connectivity index (χ2v) is 15.1. The fourth-order valence-corrected chi connectivity index (χ4v) is 10.3. The van der Waals surface area contributed by atoms with Crippen molar-refractivity contribution in [1.82, 2.24) is 0 Å². The second-order valence-electron chi connectivity index (χ2n) is 15.1. The van der Waals surface area contributed by atoms with E-state index in [9.17, 15) is 25.2 Å². The normalized spacial score (nSPS) is 49.5. The predicted octanol–water partition coefficient (Wildman–Crippen LogP) is 5.52. The molecule has 0 aromatic heterocycles. The van der Waals surface area contributed by atoms with Gasteiger partial charge in [-0.1, -0.05) is 20.8 Å². The minimum Gasteiger partial charge on any atom is -0.481 e. The molecule has 4 rings (SSSR count). The van der Waals surface area contributed by atoms with Crippen LogP contribution in [0.2, 0.25) is 0 Å². The number of aliphatic carboxylic acids is 1. The SMILES string of the molecule is CC(C)(O)C1CCC2(C)C(CCC3C(C4(C)CCC(O)(C(C)(C)O)O4)CCC32C)C1(C)CCC(=O)O. The van der Waals surface area contributed by atoms with Crippen molar-refractivity contribution < 1.29 is 30.0 Å². The fourth-order valence-electron chi connectivity index (χ4n) is 10.3. The third-order valence-electron chi connectivity index (χ3n) is 12.5. The van der Waals surface area contributed by atoms with Crippen LogP contribution in [0.3, 0.4) is 0 Å². The molecule has 3 saturated carbocycles. The van der Waals surface area contributed by atoms with Gasteiger partial charge in [-0.05, 0) is 126 Å². The molecule has 9 unspecified atom stereocenters. The van der Waals surface area contributed by atoms with Crippen molar-refractivity contribution in [3.63, 3.8) is 0 Å². The zero-order valence-electron chi connectivity index (χ0n) is 24.0. The van der Waals surface area contributed by atoms with Gasteiger partial charge in [0.2, 0.25) is 0 Å². The van der Waals surface area contributed by atoms with Gasteiger partial charge in [-0.15, -0.1) is 0 Å². The van der Waals surface area contributed by atoms with E-state index < -0.39 is 28.6 Å². The summed E-state index contributed by atoms with van der Waals surface area (Å²) in [5.74, 6) is -1.10. The van der Waals surface area contributed by atoms with Crippen LogP contribution in [0.1, 0.15) is 120 Å². The van der Waals surface area contributed by atoms with E-state index in [4.69, 9.17) is 4.74 Å². The lowest BCUT2D eigenvalue weighted by molar-refractivity contribution is -0.306. The molecule has 0 amide bonds. The minimum absolute atomic E-state index is 0.0428. The highest BCUT2D eigenvalue weighted by Gasteiger charge is 2.69. The largest absolute Gasteiger partial charge is 0.481 e. The van der Waals surface area contributed by atoms with Crippen LogP contribution in [0.4, 0.5) is 0 Å². The van der Waals surface area contributed by atoms with Gasteiger partial charge in [-0.25, -0.2) is 0 Å². The van der Waals surface area contributed by atoms with Gasteiger partial charge in [0.15, 0.2) is 5.79 Å². The molecule has 0 bridgehead atoms. The van der Waals surface area contributed by atoms with Gasteiger partial charge in [-0.2, -0.15) is 0 Å². The Hall–Kier alpha value is -0.690. The summed E-state index contributed by atoms with van der Waals surface area (Å²) in [6, 6.07) is 0. The highest BCUT2D eigenvalue weighted by molar-refractivity contribution is 5.66. The van der Waals surface area contributed by atoms with Crippen LogP contribution in [0.5, 0.6) is 0 Å². The number of hydrogen-bond donors (Lipinski definition) is 4. The molecule has 36 heavy (non-hydrogen) atoms. The maximum atomic E-state index is 11.7. The van der Waals surface area contributed by atoms with E-state index in [0.29, 0.717) is 30.6 Å². The van der Waals surface area contributed by atoms with Crippen LogP contribution in [0.25, 0.3) is 0 Å². The molecule has 0 spiro atoms. The molecule has 6 nitrogen and oxygen atoms in total. The van der Waals surface area contributed by atoms with Crippen molar-refractivity contribution in [2.24, 2.45) is 39.9 Å². The number of hydrogen-bond acceptors (Lipinski definition) is 5. The van der Waals surface area contributed by atoms with Crippen LogP contribution in [-0.2, 0) is 9.53 Å². The van der Waals surface area contributed by atoms with Crippen molar-refractivity contribution in [1.29, 1.82) is 0 Å². The summed E-state index contributed by atoms with van der Waals surface area (Å²) in [5.41, 5.74) is -2.77. The number of fused-ring (bicyclic) bond motifs is 3. The predicted molar refractivity (Wildman–Crippen MR) is 139 cm³/mol. The number of carboxylic acid groups (broad SMARTS) is 1. The Bertz CT molecular complexity index is 874. The fraction of sp³-hybridized carbons (Fsp3) is 0.967. The second kappa shape index (κ2) is 8.40. The molecular weight excluding hydrogens is 456 g/mol. The Labute approximate surface area is 218 Å². The molecule has 0 radical (unpaired) electrons. The van der Waals surface area contributed by atoms with Gasteiger partial charge in [0.1, 0.15) is 5.60 Å². The van der Waals surface area contributed by atoms with Gasteiger partial charge >= 0.3 is 5.97 Å². The molecule has 4 fully saturated rings. The van der Waals surface area contributed by atoms with E-state index in [0.717, 1.165) is 44.9 Å². The van der Waals surface area contributed by atoms with E-state index in [1.807, 2.05) is 13.8 Å². The Morgan fingerprint density at radius 3 is 2.00 bits per heavy atom. The lowest BCUT2D eigenvalue weighted by atomic mass is 9.37. The van der Waals surface area contributed by atoms with E-state index >= 15 is 0 Å². The first kappa shape index (κ1) is 28.3. The van der Waals surface area contributed by atoms with Crippen LogP contribution < -0.4 is 0 Å². The van der Waals surface area contributed by atoms with Crippen LogP contribution in [0.15, 0.2) is 0 Å². The first-order chi connectivity index (χ1) is 16.2. The minimum atomic E-state index is -1.53. The number of rotatable bonds is 6. The summed E-state index contributed by atoms with van der Waals surface area (Å²) in [6.07, 6.45) is 8.09. The quantitative estimate of drug-likeness (QED) is 0.377. The smallest absolute Gasteiger partial charge is 0.303 e. The van der Waals surface area contributed by atoms with Crippen LogP contribution in [-0.4, -0.2) is 49.0 Å². The van der Waals surface area contributed by atoms with Crippen LogP contribution >= 0.6 is 0 Å². The Balaban J connectivity index is 1.67. The highest BCUT2D eigenvalue weighted by atomic mass is 16.7. The van der Waals surface area contributed by atoms with E-state index in [1.54, 1.807) is 13.8 Å². The van der Waals surface area contributed by atoms with Crippen molar-refractivity contribution in [3.05, 3.63) is 0 Å². The van der Waals surface area contributed by atoms with Crippen molar-refractivity contribution >= 4 is 5.97 Å². The first-order valence-corrected chi connectivity index (χ1v) is 14.3. The molecule has 4 N–H and O–H groups in total. The van der Waals surface area contributed by atoms with E-state index in [2.05, 4.69) is 27.7 Å². The molecule has 0 aromatic rings. The molecule has 1 saturated heterocycles. The first-order valence-electron chi connectivity index (χ1n) is 14.3. The molecule has 1 heterocycles. The summed E-state index contributed by atoms with van der Waals surface area (Å²) >= 11 is 0. The lowest BCUT2D eigenvalue weighted by Crippen LogP contribution is -2.62. The number of aliphatic hydroxyl groups is 3. The molecule has 208 valence electrons. The molecule has 3 aliphatic carbocycles. The number of carbonyl (C=O) groups is 1. The summed E-state index contributed by atoms with van der Waals surface area (Å²) < 4.78 is 6.42. The van der Waals surface area contributed by atoms with Gasteiger partial charge < -0.3 is 25.2 Å². The van der Waals surface area contributed by atoms with E-state index in [1.165, 1.54) is 0 Å². The lowest BCUT2D eigenvalue weighted by Gasteiger charge is -2.67. The Morgan fingerprint density at radius 2 is 1.47 bits per heavy atom. The molecule has 0 aromatic carbocycles. The van der Waals surface area contributed by atoms with Crippen molar-refractivity contribution in [2.45, 2.75) is 142 Å². The summed E-state index contributed by atoms with van der Waals surface area (Å²) in [6.45, 7) is 16.4. The van der Waals surface area contributed by atoms with Gasteiger partial charge in [0.25, 0.3) is 0 Å². The monoisotopic (exact) mass is 508 g/mol. The summed E-state index contributed by atoms with van der Waals surface area (Å²) in [7, 11) is 0. The van der Waals surface area contributed by atoms with E-state index in [-0.39, 0.29) is 28.6 Å². The average molecular weight is 509 g/mol. The summed E-state index contributed by atoms with van der Waals surface area (Å²) in [5, 5.41) is 42.6. The standard InChI is InChI=1S/C30H52O6/c1-24(2,33)21-12-16-28(7)22(26(21,5)14-13-23(31)32)10-9-19-20(11-15-27(19,28)6)29(8)17-18-30(35,36-29)25(3,4)34/h19-22,33-35H,9-18H2,1-8H3,(H,31,32). The zero-order valence-corrected chi connectivity index (χ0v) is 24.0. The van der Waals surface area contributed by atoms with Crippen molar-refractivity contribution in [3.8, 4) is 0 Å². The molecule has 4 aliphatic rings. The Kier molecular flexibility index (Phi) is 6.61. The van der Waals surface area contributed by atoms with Gasteiger partial charge in [0, 0.05) is 12.8 Å². The third-order valence-corrected chi connectivity index (χ3v) is 12.5. The number of carboxylic acids is 1.